The molecule has 0 aliphatic rings. The fraction of sp³-hybridized carbons (Fsp3) is 0.105. The molecular formula is C19H14ClN5O3. The number of benzene rings is 2. The van der Waals surface area contributed by atoms with Crippen molar-refractivity contribution in [1.82, 2.24) is 24.9 Å². The highest BCUT2D eigenvalue weighted by molar-refractivity contribution is 6.30. The molecule has 0 aliphatic carbocycles. The minimum atomic E-state index is -0.474. The predicted octanol–water partition coefficient (Wildman–Crippen LogP) is 3.39. The zero-order valence-corrected chi connectivity index (χ0v) is 15.3. The predicted molar refractivity (Wildman–Crippen MR) is 99.4 cm³/mol. The number of nitrogens with zero attached hydrogens (tertiary/aromatic N) is 5. The van der Waals surface area contributed by atoms with E-state index in [2.05, 4.69) is 20.2 Å². The minimum Gasteiger partial charge on any atom is -0.452 e. The van der Waals surface area contributed by atoms with Crippen molar-refractivity contribution in [1.29, 1.82) is 0 Å². The SMILES string of the molecule is O=C(OCc1nc(-c2ccc(Cl)cc2)no1)c1ccc(Cn2cncn2)cc1. The van der Waals surface area contributed by atoms with Gasteiger partial charge in [0.25, 0.3) is 5.89 Å². The van der Waals surface area contributed by atoms with Crippen LogP contribution in [0.25, 0.3) is 11.4 Å². The molecule has 4 aromatic rings. The van der Waals surface area contributed by atoms with Gasteiger partial charge in [0.1, 0.15) is 12.7 Å². The Morgan fingerprint density at radius 3 is 2.61 bits per heavy atom. The normalized spacial score (nSPS) is 10.8. The van der Waals surface area contributed by atoms with E-state index in [4.69, 9.17) is 20.9 Å². The van der Waals surface area contributed by atoms with E-state index in [1.165, 1.54) is 6.33 Å². The van der Waals surface area contributed by atoms with Gasteiger partial charge >= 0.3 is 5.97 Å². The molecule has 2 aromatic carbocycles. The molecule has 0 saturated carbocycles. The van der Waals surface area contributed by atoms with Crippen molar-refractivity contribution < 1.29 is 14.1 Å². The third-order valence-corrected chi connectivity index (χ3v) is 4.15. The van der Waals surface area contributed by atoms with Gasteiger partial charge in [0.2, 0.25) is 5.82 Å². The molecule has 0 radical (unpaired) electrons. The first kappa shape index (κ1) is 17.9. The maximum Gasteiger partial charge on any atom is 0.338 e. The maximum absolute atomic E-state index is 12.2. The largest absolute Gasteiger partial charge is 0.452 e. The summed E-state index contributed by atoms with van der Waals surface area (Å²) in [6, 6.07) is 14.1. The number of halogens is 1. The summed E-state index contributed by atoms with van der Waals surface area (Å²) >= 11 is 5.86. The summed E-state index contributed by atoms with van der Waals surface area (Å²) in [5, 5.41) is 8.54. The van der Waals surface area contributed by atoms with Gasteiger partial charge < -0.3 is 9.26 Å². The molecule has 0 atom stereocenters. The number of carbonyl (C=O) groups is 1. The number of carbonyl (C=O) groups excluding carboxylic acids is 1. The number of esters is 1. The lowest BCUT2D eigenvalue weighted by molar-refractivity contribution is 0.0430. The molecule has 0 spiro atoms. The molecule has 4 rings (SSSR count). The van der Waals surface area contributed by atoms with Crippen molar-refractivity contribution in [3.8, 4) is 11.4 Å². The zero-order chi connectivity index (χ0) is 19.3. The number of aromatic nitrogens is 5. The van der Waals surface area contributed by atoms with Crippen LogP contribution in [-0.2, 0) is 17.9 Å². The first-order valence-electron chi connectivity index (χ1n) is 8.34. The second-order valence-corrected chi connectivity index (χ2v) is 6.32. The van der Waals surface area contributed by atoms with Gasteiger partial charge in [-0.25, -0.2) is 14.5 Å². The monoisotopic (exact) mass is 395 g/mol. The molecule has 0 amide bonds. The number of ether oxygens (including phenoxy) is 1. The second-order valence-electron chi connectivity index (χ2n) is 5.88. The van der Waals surface area contributed by atoms with E-state index in [1.54, 1.807) is 47.4 Å². The van der Waals surface area contributed by atoms with Crippen molar-refractivity contribution in [2.75, 3.05) is 0 Å². The molecule has 28 heavy (non-hydrogen) atoms. The van der Waals surface area contributed by atoms with Crippen molar-refractivity contribution >= 4 is 17.6 Å². The molecule has 2 heterocycles. The molecule has 0 bridgehead atoms. The fourth-order valence-corrected chi connectivity index (χ4v) is 2.61. The number of hydrogen-bond donors (Lipinski definition) is 0. The highest BCUT2D eigenvalue weighted by atomic mass is 35.5. The van der Waals surface area contributed by atoms with Crippen molar-refractivity contribution in [2.45, 2.75) is 13.2 Å². The van der Waals surface area contributed by atoms with Gasteiger partial charge in [0.05, 0.1) is 12.1 Å². The van der Waals surface area contributed by atoms with Gasteiger partial charge in [0.15, 0.2) is 6.61 Å². The number of rotatable bonds is 6. The molecule has 8 nitrogen and oxygen atoms in total. The lowest BCUT2D eigenvalue weighted by atomic mass is 10.1. The average Bonchev–Trinajstić information content (AvgIpc) is 3.39. The van der Waals surface area contributed by atoms with Crippen LogP contribution >= 0.6 is 11.6 Å². The van der Waals surface area contributed by atoms with E-state index in [1.807, 2.05) is 12.1 Å². The lowest BCUT2D eigenvalue weighted by Gasteiger charge is -2.04. The van der Waals surface area contributed by atoms with Gasteiger partial charge in [-0.15, -0.1) is 0 Å². The molecular weight excluding hydrogens is 382 g/mol. The Balaban J connectivity index is 1.34. The summed E-state index contributed by atoms with van der Waals surface area (Å²) in [5.41, 5.74) is 2.18. The topological polar surface area (TPSA) is 95.9 Å². The average molecular weight is 396 g/mol. The van der Waals surface area contributed by atoms with Gasteiger partial charge in [-0.05, 0) is 42.0 Å². The molecule has 2 aromatic heterocycles. The van der Waals surface area contributed by atoms with Crippen molar-refractivity contribution in [2.24, 2.45) is 0 Å². The van der Waals surface area contributed by atoms with Gasteiger partial charge in [-0.1, -0.05) is 28.9 Å². The molecule has 0 aliphatic heterocycles. The Bertz CT molecular complexity index is 1060. The Morgan fingerprint density at radius 2 is 1.89 bits per heavy atom. The lowest BCUT2D eigenvalue weighted by Crippen LogP contribution is -2.06. The van der Waals surface area contributed by atoms with E-state index in [0.717, 1.165) is 11.1 Å². The van der Waals surface area contributed by atoms with E-state index < -0.39 is 5.97 Å². The minimum absolute atomic E-state index is 0.111. The Morgan fingerprint density at radius 1 is 1.11 bits per heavy atom. The van der Waals surface area contributed by atoms with E-state index in [9.17, 15) is 4.79 Å². The van der Waals surface area contributed by atoms with Gasteiger partial charge in [0, 0.05) is 10.6 Å². The first-order chi connectivity index (χ1) is 13.7. The summed E-state index contributed by atoms with van der Waals surface area (Å²) in [6.45, 7) is 0.463. The Kier molecular flexibility index (Phi) is 5.11. The third kappa shape index (κ3) is 4.24. The smallest absolute Gasteiger partial charge is 0.338 e. The van der Waals surface area contributed by atoms with Crippen LogP contribution in [0.1, 0.15) is 21.8 Å². The van der Waals surface area contributed by atoms with Crippen LogP contribution in [0.15, 0.2) is 65.7 Å². The zero-order valence-electron chi connectivity index (χ0n) is 14.5. The summed E-state index contributed by atoms with van der Waals surface area (Å²) in [7, 11) is 0. The van der Waals surface area contributed by atoms with Gasteiger partial charge in [-0.3, -0.25) is 0 Å². The summed E-state index contributed by atoms with van der Waals surface area (Å²) in [5.74, 6) is 0.139. The Labute approximate surface area is 164 Å². The molecule has 0 N–H and O–H groups in total. The Hall–Kier alpha value is -3.52. The molecule has 0 saturated heterocycles. The highest BCUT2D eigenvalue weighted by Crippen LogP contribution is 2.19. The second kappa shape index (κ2) is 8.01. The summed E-state index contributed by atoms with van der Waals surface area (Å²) in [4.78, 5) is 20.3. The first-order valence-corrected chi connectivity index (χ1v) is 8.72. The van der Waals surface area contributed by atoms with Crippen LogP contribution in [0.3, 0.4) is 0 Å². The molecule has 0 fully saturated rings. The number of hydrogen-bond acceptors (Lipinski definition) is 7. The van der Waals surface area contributed by atoms with Crippen molar-refractivity contribution in [3.05, 3.63) is 83.2 Å². The molecule has 140 valence electrons. The van der Waals surface area contributed by atoms with Crippen LogP contribution in [0, 0.1) is 0 Å². The van der Waals surface area contributed by atoms with E-state index in [0.29, 0.717) is 23.0 Å². The standard InChI is InChI=1S/C19H14ClN5O3/c20-16-7-5-14(6-8-16)18-23-17(28-24-18)10-27-19(26)15-3-1-13(2-4-15)9-25-12-21-11-22-25/h1-8,11-12H,9-10H2. The van der Waals surface area contributed by atoms with Gasteiger partial charge in [-0.2, -0.15) is 10.1 Å². The van der Waals surface area contributed by atoms with Crippen LogP contribution < -0.4 is 0 Å². The quantitative estimate of drug-likeness (QED) is 0.461. The van der Waals surface area contributed by atoms with E-state index in [-0.39, 0.29) is 12.5 Å². The fourth-order valence-electron chi connectivity index (χ4n) is 2.49. The van der Waals surface area contributed by atoms with Crippen LogP contribution in [0.2, 0.25) is 5.02 Å². The van der Waals surface area contributed by atoms with E-state index >= 15 is 0 Å². The highest BCUT2D eigenvalue weighted by Gasteiger charge is 2.12. The van der Waals surface area contributed by atoms with Crippen molar-refractivity contribution in [3.63, 3.8) is 0 Å². The van der Waals surface area contributed by atoms with Crippen LogP contribution in [-0.4, -0.2) is 30.9 Å². The summed E-state index contributed by atoms with van der Waals surface area (Å²) in [6.07, 6.45) is 3.10. The summed E-state index contributed by atoms with van der Waals surface area (Å²) < 4.78 is 12.1. The molecule has 9 heteroatoms. The maximum atomic E-state index is 12.2. The van der Waals surface area contributed by atoms with Crippen LogP contribution in [0.5, 0.6) is 0 Å². The van der Waals surface area contributed by atoms with Crippen LogP contribution in [0.4, 0.5) is 0 Å². The third-order valence-electron chi connectivity index (χ3n) is 3.90. The molecule has 0 unspecified atom stereocenters.